The molecule has 0 saturated heterocycles. The number of hydrogen-bond donors (Lipinski definition) is 1. The number of hydrogen-bond acceptors (Lipinski definition) is 6. The van der Waals surface area contributed by atoms with E-state index in [9.17, 15) is 18.0 Å². The molecule has 1 unspecified atom stereocenters. The van der Waals surface area contributed by atoms with Gasteiger partial charge in [0, 0.05) is 26.3 Å². The maximum absolute atomic E-state index is 11.8. The molecule has 0 rings (SSSR count). The van der Waals surface area contributed by atoms with Crippen molar-refractivity contribution in [3.05, 3.63) is 0 Å². The molecular weight excluding hydrogens is 272 g/mol. The van der Waals surface area contributed by atoms with E-state index in [1.165, 1.54) is 12.0 Å². The maximum atomic E-state index is 11.8. The van der Waals surface area contributed by atoms with Crippen molar-refractivity contribution in [1.29, 1.82) is 0 Å². The van der Waals surface area contributed by atoms with Crippen LogP contribution in [0.2, 0.25) is 0 Å². The van der Waals surface area contributed by atoms with E-state index in [2.05, 4.69) is 4.74 Å². The fourth-order valence-electron chi connectivity index (χ4n) is 1.42. The van der Waals surface area contributed by atoms with E-state index in [0.29, 0.717) is 13.0 Å². The first-order valence-electron chi connectivity index (χ1n) is 5.92. The number of carbonyl (C=O) groups is 2. The van der Waals surface area contributed by atoms with Crippen LogP contribution in [0.5, 0.6) is 0 Å². The molecule has 0 radical (unpaired) electrons. The van der Waals surface area contributed by atoms with E-state index in [4.69, 9.17) is 5.73 Å². The molecule has 1 amide bonds. The molecule has 0 spiro atoms. The third-order valence-electron chi connectivity index (χ3n) is 2.60. The second-order valence-electron chi connectivity index (χ2n) is 4.46. The van der Waals surface area contributed by atoms with E-state index >= 15 is 0 Å². The van der Waals surface area contributed by atoms with Gasteiger partial charge in [0.15, 0.2) is 0 Å². The molecule has 0 aliphatic rings. The lowest BCUT2D eigenvalue weighted by molar-refractivity contribution is -0.141. The Morgan fingerprint density at radius 3 is 2.42 bits per heavy atom. The first-order valence-corrected chi connectivity index (χ1v) is 7.98. The summed E-state index contributed by atoms with van der Waals surface area (Å²) in [7, 11) is -0.249. The summed E-state index contributed by atoms with van der Waals surface area (Å²) in [6, 6.07) is -0.835. The van der Waals surface area contributed by atoms with Crippen LogP contribution in [-0.4, -0.2) is 63.9 Å². The minimum absolute atomic E-state index is 0.0962. The monoisotopic (exact) mass is 294 g/mol. The van der Waals surface area contributed by atoms with Gasteiger partial charge in [0.25, 0.3) is 0 Å². The lowest BCUT2D eigenvalue weighted by Crippen LogP contribution is -2.43. The van der Waals surface area contributed by atoms with Crippen LogP contribution in [0.15, 0.2) is 0 Å². The zero-order valence-corrected chi connectivity index (χ0v) is 12.4. The van der Waals surface area contributed by atoms with Gasteiger partial charge in [0.05, 0.1) is 18.9 Å². The summed E-state index contributed by atoms with van der Waals surface area (Å²) in [5.74, 6) is -0.772. The van der Waals surface area contributed by atoms with Gasteiger partial charge in [0.1, 0.15) is 9.84 Å². The number of rotatable bonds is 8. The average Bonchev–Trinajstić information content (AvgIpc) is 2.33. The van der Waals surface area contributed by atoms with E-state index in [1.807, 2.05) is 0 Å². The van der Waals surface area contributed by atoms with Crippen molar-refractivity contribution >= 4 is 21.7 Å². The van der Waals surface area contributed by atoms with Crippen LogP contribution < -0.4 is 5.73 Å². The van der Waals surface area contributed by atoms with Crippen molar-refractivity contribution in [2.45, 2.75) is 25.3 Å². The highest BCUT2D eigenvalue weighted by Gasteiger charge is 2.19. The Morgan fingerprint density at radius 2 is 1.95 bits per heavy atom. The van der Waals surface area contributed by atoms with Gasteiger partial charge in [-0.15, -0.1) is 0 Å². The lowest BCUT2D eigenvalue weighted by Gasteiger charge is -2.20. The molecule has 112 valence electrons. The molecule has 1 atom stereocenters. The fourth-order valence-corrected chi connectivity index (χ4v) is 2.10. The molecule has 0 aromatic carbocycles. The second kappa shape index (κ2) is 8.11. The first kappa shape index (κ1) is 17.8. The summed E-state index contributed by atoms with van der Waals surface area (Å²) in [5.41, 5.74) is 5.64. The number of carbonyl (C=O) groups excluding carboxylic acids is 2. The van der Waals surface area contributed by atoms with E-state index in [1.54, 1.807) is 7.05 Å². The molecule has 7 nitrogen and oxygen atoms in total. The Hall–Kier alpha value is -1.15. The Balaban J connectivity index is 4.07. The largest absolute Gasteiger partial charge is 0.469 e. The van der Waals surface area contributed by atoms with Crippen molar-refractivity contribution in [1.82, 2.24) is 4.90 Å². The minimum Gasteiger partial charge on any atom is -0.469 e. The third kappa shape index (κ3) is 8.55. The standard InChI is InChI=1S/C11H22N2O5S/c1-13(7-4-5-10(14)18-2)11(15)9(12)6-8-19(3,16)17/h9H,4-8,12H2,1-3H3. The van der Waals surface area contributed by atoms with Gasteiger partial charge in [-0.25, -0.2) is 8.42 Å². The zero-order chi connectivity index (χ0) is 15.1. The van der Waals surface area contributed by atoms with Gasteiger partial charge in [0.2, 0.25) is 5.91 Å². The smallest absolute Gasteiger partial charge is 0.305 e. The van der Waals surface area contributed by atoms with Crippen LogP contribution in [0.1, 0.15) is 19.3 Å². The summed E-state index contributed by atoms with van der Waals surface area (Å²) in [5, 5.41) is 0. The molecule has 0 aromatic rings. The zero-order valence-electron chi connectivity index (χ0n) is 11.6. The molecule has 0 heterocycles. The summed E-state index contributed by atoms with van der Waals surface area (Å²) in [4.78, 5) is 24.1. The summed E-state index contributed by atoms with van der Waals surface area (Å²) < 4.78 is 26.4. The van der Waals surface area contributed by atoms with Crippen LogP contribution in [0.4, 0.5) is 0 Å². The maximum Gasteiger partial charge on any atom is 0.305 e. The quantitative estimate of drug-likeness (QED) is 0.585. The van der Waals surface area contributed by atoms with Gasteiger partial charge in [-0.05, 0) is 12.8 Å². The highest BCUT2D eigenvalue weighted by Crippen LogP contribution is 2.01. The molecule has 0 aliphatic carbocycles. The predicted molar refractivity (Wildman–Crippen MR) is 71.2 cm³/mol. The Kier molecular flexibility index (Phi) is 7.62. The highest BCUT2D eigenvalue weighted by atomic mass is 32.2. The van der Waals surface area contributed by atoms with Gasteiger partial charge in [-0.2, -0.15) is 0 Å². The van der Waals surface area contributed by atoms with Crippen LogP contribution in [0.3, 0.4) is 0 Å². The van der Waals surface area contributed by atoms with E-state index in [0.717, 1.165) is 6.26 Å². The first-order chi connectivity index (χ1) is 8.67. The number of sulfone groups is 1. The molecule has 0 aliphatic heterocycles. The van der Waals surface area contributed by atoms with Crippen LogP contribution in [-0.2, 0) is 24.2 Å². The molecular formula is C11H22N2O5S. The number of ether oxygens (including phenoxy) is 1. The average molecular weight is 294 g/mol. The number of nitrogens with zero attached hydrogens (tertiary/aromatic N) is 1. The van der Waals surface area contributed by atoms with Crippen LogP contribution >= 0.6 is 0 Å². The molecule has 0 saturated carbocycles. The SMILES string of the molecule is COC(=O)CCCN(C)C(=O)C(N)CCS(C)(=O)=O. The predicted octanol–water partition coefficient (Wildman–Crippen LogP) is -0.840. The molecule has 0 aromatic heterocycles. The molecule has 0 fully saturated rings. The van der Waals surface area contributed by atoms with Crippen molar-refractivity contribution < 1.29 is 22.7 Å². The second-order valence-corrected chi connectivity index (χ2v) is 6.72. The molecule has 19 heavy (non-hydrogen) atoms. The molecule has 8 heteroatoms. The number of esters is 1. The van der Waals surface area contributed by atoms with Crippen LogP contribution in [0, 0.1) is 0 Å². The van der Waals surface area contributed by atoms with Crippen molar-refractivity contribution in [2.24, 2.45) is 5.73 Å². The van der Waals surface area contributed by atoms with Crippen molar-refractivity contribution in [2.75, 3.05) is 32.7 Å². The summed E-state index contributed by atoms with van der Waals surface area (Å²) in [6.45, 7) is 0.376. The van der Waals surface area contributed by atoms with Gasteiger partial charge in [-0.3, -0.25) is 9.59 Å². The van der Waals surface area contributed by atoms with E-state index < -0.39 is 15.9 Å². The normalized spacial score (nSPS) is 12.8. The number of likely N-dealkylation sites (N-methyl/N-ethyl adjacent to an activating group) is 1. The Labute approximate surface area is 114 Å². The van der Waals surface area contributed by atoms with Crippen molar-refractivity contribution in [3.8, 4) is 0 Å². The summed E-state index contributed by atoms with van der Waals surface area (Å²) in [6.07, 6.45) is 1.91. The lowest BCUT2D eigenvalue weighted by atomic mass is 10.2. The number of amides is 1. The van der Waals surface area contributed by atoms with E-state index in [-0.39, 0.29) is 30.5 Å². The minimum atomic E-state index is -3.12. The fraction of sp³-hybridized carbons (Fsp3) is 0.818. The molecule has 0 bridgehead atoms. The number of nitrogens with two attached hydrogens (primary N) is 1. The van der Waals surface area contributed by atoms with Crippen molar-refractivity contribution in [3.63, 3.8) is 0 Å². The van der Waals surface area contributed by atoms with Gasteiger partial charge < -0.3 is 15.4 Å². The van der Waals surface area contributed by atoms with Crippen LogP contribution in [0.25, 0.3) is 0 Å². The third-order valence-corrected chi connectivity index (χ3v) is 3.57. The van der Waals surface area contributed by atoms with Gasteiger partial charge in [-0.1, -0.05) is 0 Å². The number of methoxy groups -OCH3 is 1. The Morgan fingerprint density at radius 1 is 1.37 bits per heavy atom. The summed E-state index contributed by atoms with van der Waals surface area (Å²) >= 11 is 0. The Bertz CT molecular complexity index is 407. The van der Waals surface area contributed by atoms with Gasteiger partial charge >= 0.3 is 5.97 Å². The molecule has 2 N–H and O–H groups in total. The highest BCUT2D eigenvalue weighted by molar-refractivity contribution is 7.90. The topological polar surface area (TPSA) is 107 Å².